The number of para-hydroxylation sites is 1. The molecule has 0 spiro atoms. The van der Waals surface area contributed by atoms with E-state index in [9.17, 15) is 4.79 Å². The van der Waals surface area contributed by atoms with Crippen molar-refractivity contribution in [2.75, 3.05) is 10.6 Å². The molecule has 132 valence electrons. The van der Waals surface area contributed by atoms with Crippen LogP contribution < -0.4 is 10.6 Å². The zero-order valence-corrected chi connectivity index (χ0v) is 15.3. The van der Waals surface area contributed by atoms with Crippen LogP contribution in [0.3, 0.4) is 0 Å². The lowest BCUT2D eigenvalue weighted by Gasteiger charge is -2.13. The number of carbonyl (C=O) groups is 1. The quantitative estimate of drug-likeness (QED) is 0.647. The Bertz CT molecular complexity index is 927. The van der Waals surface area contributed by atoms with Crippen molar-refractivity contribution in [2.24, 2.45) is 0 Å². The molecule has 0 saturated carbocycles. The maximum absolute atomic E-state index is 12.6. The second-order valence-corrected chi connectivity index (χ2v) is 6.53. The van der Waals surface area contributed by atoms with E-state index in [1.165, 1.54) is 0 Å². The van der Waals surface area contributed by atoms with Gasteiger partial charge < -0.3 is 10.6 Å². The first-order valence-corrected chi connectivity index (χ1v) is 8.66. The molecule has 0 bridgehead atoms. The minimum absolute atomic E-state index is 0.281. The highest BCUT2D eigenvalue weighted by atomic mass is 35.5. The highest BCUT2D eigenvalue weighted by Crippen LogP contribution is 2.24. The maximum Gasteiger partial charge on any atom is 0.274 e. The number of benzene rings is 2. The van der Waals surface area contributed by atoms with Gasteiger partial charge in [-0.15, -0.1) is 0 Å². The lowest BCUT2D eigenvalue weighted by Crippen LogP contribution is -2.16. The number of carbonyl (C=O) groups excluding carboxylic acids is 1. The van der Waals surface area contributed by atoms with E-state index in [1.807, 2.05) is 36.4 Å². The molecule has 0 saturated heterocycles. The topological polar surface area (TPSA) is 66.9 Å². The third-order valence-electron chi connectivity index (χ3n) is 3.80. The molecule has 0 unspecified atom stereocenters. The Labute approximate surface area is 157 Å². The number of rotatable bonds is 5. The van der Waals surface area contributed by atoms with Gasteiger partial charge in [-0.1, -0.05) is 49.7 Å². The molecule has 2 aromatic carbocycles. The van der Waals surface area contributed by atoms with Gasteiger partial charge in [0.05, 0.1) is 0 Å². The zero-order valence-electron chi connectivity index (χ0n) is 14.5. The summed E-state index contributed by atoms with van der Waals surface area (Å²) in [6.45, 7) is 4.17. The molecule has 0 atom stereocenters. The van der Waals surface area contributed by atoms with Crippen molar-refractivity contribution in [3.8, 4) is 0 Å². The number of amides is 1. The summed E-state index contributed by atoms with van der Waals surface area (Å²) < 4.78 is 0. The van der Waals surface area contributed by atoms with Crippen molar-refractivity contribution in [3.63, 3.8) is 0 Å². The van der Waals surface area contributed by atoms with Gasteiger partial charge in [-0.2, -0.15) is 0 Å². The highest BCUT2D eigenvalue weighted by molar-refractivity contribution is 6.30. The second-order valence-electron chi connectivity index (χ2n) is 6.10. The number of nitrogens with zero attached hydrogens (tertiary/aromatic N) is 2. The van der Waals surface area contributed by atoms with E-state index < -0.39 is 0 Å². The minimum atomic E-state index is -0.283. The summed E-state index contributed by atoms with van der Waals surface area (Å²) in [6, 6.07) is 16.5. The molecule has 1 amide bonds. The van der Waals surface area contributed by atoms with E-state index in [1.54, 1.807) is 24.4 Å². The van der Waals surface area contributed by atoms with Gasteiger partial charge in [0.2, 0.25) is 5.95 Å². The maximum atomic E-state index is 12.6. The van der Waals surface area contributed by atoms with Gasteiger partial charge in [-0.3, -0.25) is 4.79 Å². The third kappa shape index (κ3) is 4.37. The summed E-state index contributed by atoms with van der Waals surface area (Å²) in [7, 11) is 0. The molecular formula is C20H19ClN4O. The Balaban J connectivity index is 1.79. The Morgan fingerprint density at radius 1 is 1.08 bits per heavy atom. The molecule has 1 aromatic heterocycles. The summed E-state index contributed by atoms with van der Waals surface area (Å²) >= 11 is 5.98. The Morgan fingerprint density at radius 2 is 1.88 bits per heavy atom. The smallest absolute Gasteiger partial charge is 0.274 e. The molecular weight excluding hydrogens is 348 g/mol. The summed E-state index contributed by atoms with van der Waals surface area (Å²) in [4.78, 5) is 21.0. The van der Waals surface area contributed by atoms with Crippen molar-refractivity contribution >= 4 is 34.8 Å². The highest BCUT2D eigenvalue weighted by Gasteiger charge is 2.13. The van der Waals surface area contributed by atoms with Crippen molar-refractivity contribution in [1.29, 1.82) is 0 Å². The monoisotopic (exact) mass is 366 g/mol. The van der Waals surface area contributed by atoms with Crippen LogP contribution in [0.4, 0.5) is 17.3 Å². The normalized spacial score (nSPS) is 10.6. The standard InChI is InChI=1S/C20H19ClN4O/c1-13(2)16-8-3-4-9-17(16)24-19(26)18-10-11-22-20(25-18)23-15-7-5-6-14(21)12-15/h3-13H,1-2H3,(H,24,26)(H,22,23,25). The molecule has 0 fully saturated rings. The van der Waals surface area contributed by atoms with Crippen LogP contribution in [0, 0.1) is 0 Å². The number of anilines is 3. The minimum Gasteiger partial charge on any atom is -0.324 e. The molecule has 2 N–H and O–H groups in total. The van der Waals surface area contributed by atoms with Crippen molar-refractivity contribution < 1.29 is 4.79 Å². The fourth-order valence-corrected chi connectivity index (χ4v) is 2.73. The van der Waals surface area contributed by atoms with E-state index in [0.29, 0.717) is 16.9 Å². The van der Waals surface area contributed by atoms with Crippen LogP contribution in [-0.4, -0.2) is 15.9 Å². The van der Waals surface area contributed by atoms with Gasteiger partial charge in [0.25, 0.3) is 5.91 Å². The average Bonchev–Trinajstić information content (AvgIpc) is 2.62. The predicted molar refractivity (Wildman–Crippen MR) is 105 cm³/mol. The van der Waals surface area contributed by atoms with Gasteiger partial charge >= 0.3 is 0 Å². The van der Waals surface area contributed by atoms with E-state index in [-0.39, 0.29) is 11.6 Å². The van der Waals surface area contributed by atoms with Crippen LogP contribution in [0.2, 0.25) is 5.02 Å². The molecule has 26 heavy (non-hydrogen) atoms. The SMILES string of the molecule is CC(C)c1ccccc1NC(=O)c1ccnc(Nc2cccc(Cl)c2)n1. The number of nitrogens with one attached hydrogen (secondary N) is 2. The fraction of sp³-hybridized carbons (Fsp3) is 0.150. The summed E-state index contributed by atoms with van der Waals surface area (Å²) in [5.74, 6) is 0.351. The lowest BCUT2D eigenvalue weighted by molar-refractivity contribution is 0.102. The molecule has 0 aliphatic rings. The average molecular weight is 367 g/mol. The van der Waals surface area contributed by atoms with Crippen LogP contribution >= 0.6 is 11.6 Å². The number of hydrogen-bond donors (Lipinski definition) is 2. The largest absolute Gasteiger partial charge is 0.324 e. The Morgan fingerprint density at radius 3 is 2.65 bits per heavy atom. The molecule has 5 nitrogen and oxygen atoms in total. The summed E-state index contributed by atoms with van der Waals surface area (Å²) in [6.07, 6.45) is 1.54. The number of aromatic nitrogens is 2. The van der Waals surface area contributed by atoms with Gasteiger partial charge in [0.1, 0.15) is 5.69 Å². The Kier molecular flexibility index (Phi) is 5.49. The third-order valence-corrected chi connectivity index (χ3v) is 4.04. The molecule has 3 rings (SSSR count). The van der Waals surface area contributed by atoms with Crippen LogP contribution in [0.5, 0.6) is 0 Å². The summed E-state index contributed by atoms with van der Waals surface area (Å²) in [5, 5.41) is 6.58. The van der Waals surface area contributed by atoms with E-state index in [0.717, 1.165) is 16.9 Å². The molecule has 0 aliphatic heterocycles. The van der Waals surface area contributed by atoms with Crippen LogP contribution in [0.25, 0.3) is 0 Å². The fourth-order valence-electron chi connectivity index (χ4n) is 2.54. The van der Waals surface area contributed by atoms with E-state index in [2.05, 4.69) is 34.4 Å². The molecule has 0 aliphatic carbocycles. The van der Waals surface area contributed by atoms with E-state index in [4.69, 9.17) is 11.6 Å². The van der Waals surface area contributed by atoms with Gasteiger partial charge in [-0.25, -0.2) is 9.97 Å². The van der Waals surface area contributed by atoms with E-state index >= 15 is 0 Å². The molecule has 1 heterocycles. The van der Waals surface area contributed by atoms with Crippen LogP contribution in [0.1, 0.15) is 35.8 Å². The lowest BCUT2D eigenvalue weighted by atomic mass is 10.0. The first kappa shape index (κ1) is 17.9. The van der Waals surface area contributed by atoms with Crippen molar-refractivity contribution in [1.82, 2.24) is 9.97 Å². The van der Waals surface area contributed by atoms with Crippen LogP contribution in [-0.2, 0) is 0 Å². The van der Waals surface area contributed by atoms with Crippen molar-refractivity contribution in [3.05, 3.63) is 77.1 Å². The first-order valence-electron chi connectivity index (χ1n) is 8.29. The number of halogens is 1. The van der Waals surface area contributed by atoms with Crippen LogP contribution in [0.15, 0.2) is 60.8 Å². The molecule has 6 heteroatoms. The van der Waals surface area contributed by atoms with Gasteiger partial charge in [0.15, 0.2) is 0 Å². The molecule has 0 radical (unpaired) electrons. The second kappa shape index (κ2) is 7.97. The Hall–Kier alpha value is -2.92. The predicted octanol–water partition coefficient (Wildman–Crippen LogP) is 5.25. The zero-order chi connectivity index (χ0) is 18.5. The van der Waals surface area contributed by atoms with Gasteiger partial charge in [-0.05, 0) is 41.8 Å². The molecule has 3 aromatic rings. The van der Waals surface area contributed by atoms with Gasteiger partial charge in [0, 0.05) is 22.6 Å². The number of hydrogen-bond acceptors (Lipinski definition) is 4. The van der Waals surface area contributed by atoms with Crippen molar-refractivity contribution in [2.45, 2.75) is 19.8 Å². The summed E-state index contributed by atoms with van der Waals surface area (Å²) in [5.41, 5.74) is 2.89. The first-order chi connectivity index (χ1) is 12.5.